The Morgan fingerprint density at radius 1 is 1.20 bits per heavy atom. The number of piperidine rings is 1. The summed E-state index contributed by atoms with van der Waals surface area (Å²) < 4.78 is 32.3. The molecule has 1 saturated heterocycles. The lowest BCUT2D eigenvalue weighted by Gasteiger charge is -2.39. The Morgan fingerprint density at radius 2 is 1.91 bits per heavy atom. The summed E-state index contributed by atoms with van der Waals surface area (Å²) in [5.74, 6) is -0.651. The molecule has 0 radical (unpaired) electrons. The molecule has 1 aliphatic carbocycles. The topological polar surface area (TPSA) is 68.2 Å². The van der Waals surface area contributed by atoms with Crippen LogP contribution in [-0.4, -0.2) is 62.0 Å². The number of nitrogens with zero attached hydrogens (tertiary/aromatic N) is 1. The fourth-order valence-electron chi connectivity index (χ4n) is 6.31. The maximum atomic E-state index is 14.9. The van der Waals surface area contributed by atoms with Crippen LogP contribution in [0.4, 0.5) is 4.39 Å². The summed E-state index contributed by atoms with van der Waals surface area (Å²) in [5.41, 5.74) is 3.78. The van der Waals surface area contributed by atoms with Crippen LogP contribution in [0, 0.1) is 17.2 Å². The van der Waals surface area contributed by atoms with Crippen LogP contribution in [0.3, 0.4) is 0 Å². The summed E-state index contributed by atoms with van der Waals surface area (Å²) >= 11 is 0. The van der Waals surface area contributed by atoms with Gasteiger partial charge in [-0.2, -0.15) is 0 Å². The van der Waals surface area contributed by atoms with Gasteiger partial charge in [0.15, 0.2) is 11.6 Å². The zero-order valence-electron chi connectivity index (χ0n) is 21.6. The van der Waals surface area contributed by atoms with E-state index in [0.29, 0.717) is 26.0 Å². The molecule has 1 aromatic rings. The van der Waals surface area contributed by atoms with Gasteiger partial charge in [0.1, 0.15) is 0 Å². The van der Waals surface area contributed by atoms with Crippen LogP contribution >= 0.6 is 0 Å². The van der Waals surface area contributed by atoms with E-state index in [2.05, 4.69) is 4.90 Å². The highest BCUT2D eigenvalue weighted by atomic mass is 19.1. The molecule has 4 rings (SSSR count). The number of carbonyl (C=O) groups is 1. The van der Waals surface area contributed by atoms with Gasteiger partial charge >= 0.3 is 5.97 Å². The predicted octanol–water partition coefficient (Wildman–Crippen LogP) is 5.29. The van der Waals surface area contributed by atoms with E-state index in [4.69, 9.17) is 14.2 Å². The standard InChI is InChI=1S/C28H40FNO5/c1-5-28(6-2,27(31)32)17-30-11-9-18(10-12-30)26-21-15-23(29)25(34-4)13-19(21)16-35-24-8-7-20(33-3)14-22(24)26/h13,15,20,22,24H,5-12,14,16-17H2,1-4H3,(H,31,32). The Bertz CT molecular complexity index is 947. The molecule has 1 N–H and O–H groups in total. The number of fused-ring (bicyclic) bond motifs is 2. The third-order valence-electron chi connectivity index (χ3n) is 8.74. The molecule has 3 aliphatic rings. The molecule has 7 heteroatoms. The lowest BCUT2D eigenvalue weighted by molar-refractivity contribution is -0.150. The minimum Gasteiger partial charge on any atom is -0.494 e. The molecule has 0 bridgehead atoms. The van der Waals surface area contributed by atoms with Crippen molar-refractivity contribution in [1.29, 1.82) is 0 Å². The van der Waals surface area contributed by atoms with Crippen LogP contribution in [0.5, 0.6) is 5.75 Å². The van der Waals surface area contributed by atoms with E-state index in [0.717, 1.165) is 56.3 Å². The summed E-state index contributed by atoms with van der Waals surface area (Å²) in [6.45, 7) is 6.58. The highest BCUT2D eigenvalue weighted by Gasteiger charge is 2.40. The van der Waals surface area contributed by atoms with Crippen LogP contribution in [0.1, 0.15) is 69.9 Å². The number of methoxy groups -OCH3 is 2. The summed E-state index contributed by atoms with van der Waals surface area (Å²) in [7, 11) is 3.26. The third-order valence-corrected chi connectivity index (χ3v) is 8.74. The summed E-state index contributed by atoms with van der Waals surface area (Å²) in [6.07, 6.45) is 5.97. The van der Waals surface area contributed by atoms with E-state index in [1.165, 1.54) is 18.3 Å². The molecule has 2 fully saturated rings. The number of hydrogen-bond donors (Lipinski definition) is 1. The summed E-state index contributed by atoms with van der Waals surface area (Å²) in [5, 5.41) is 9.89. The zero-order chi connectivity index (χ0) is 25.2. The molecule has 0 aromatic heterocycles. The normalized spacial score (nSPS) is 25.6. The van der Waals surface area contributed by atoms with Crippen molar-refractivity contribution < 1.29 is 28.5 Å². The maximum Gasteiger partial charge on any atom is 0.310 e. The van der Waals surface area contributed by atoms with Crippen LogP contribution in [0.15, 0.2) is 17.7 Å². The molecule has 1 aromatic carbocycles. The van der Waals surface area contributed by atoms with Gasteiger partial charge in [0.2, 0.25) is 0 Å². The number of carboxylic acids is 1. The average Bonchev–Trinajstić information content (AvgIpc) is 3.02. The maximum absolute atomic E-state index is 14.9. The Kier molecular flexibility index (Phi) is 8.19. The predicted molar refractivity (Wildman–Crippen MR) is 133 cm³/mol. The lowest BCUT2D eigenvalue weighted by atomic mass is 9.74. The number of benzene rings is 1. The second-order valence-electron chi connectivity index (χ2n) is 10.4. The van der Waals surface area contributed by atoms with Crippen LogP contribution in [0.25, 0.3) is 5.57 Å². The van der Waals surface area contributed by atoms with E-state index in [1.807, 2.05) is 13.8 Å². The first-order valence-corrected chi connectivity index (χ1v) is 13.0. The molecule has 3 atom stereocenters. The number of carboxylic acid groups (broad SMARTS) is 1. The van der Waals surface area contributed by atoms with Crippen LogP contribution in [-0.2, 0) is 20.9 Å². The van der Waals surface area contributed by atoms with Crippen molar-refractivity contribution in [2.24, 2.45) is 11.3 Å². The largest absolute Gasteiger partial charge is 0.494 e. The van der Waals surface area contributed by atoms with Crippen molar-refractivity contribution in [3.63, 3.8) is 0 Å². The Morgan fingerprint density at radius 3 is 2.51 bits per heavy atom. The molecule has 0 spiro atoms. The van der Waals surface area contributed by atoms with Crippen molar-refractivity contribution in [3.8, 4) is 5.75 Å². The quantitative estimate of drug-likeness (QED) is 0.561. The third kappa shape index (κ3) is 5.13. The van der Waals surface area contributed by atoms with Gasteiger partial charge in [-0.15, -0.1) is 0 Å². The van der Waals surface area contributed by atoms with E-state index in [-0.39, 0.29) is 29.7 Å². The first kappa shape index (κ1) is 26.1. The first-order chi connectivity index (χ1) is 16.9. The SMILES string of the molecule is CCC(CC)(CN1CCC(=C2c3cc(F)c(OC)cc3COC3CCC(OC)CC23)CC1)C(=O)O. The second kappa shape index (κ2) is 11.0. The van der Waals surface area contributed by atoms with E-state index in [9.17, 15) is 14.3 Å². The van der Waals surface area contributed by atoms with Gasteiger partial charge in [0, 0.05) is 32.7 Å². The molecule has 3 unspecified atom stereocenters. The highest BCUT2D eigenvalue weighted by Crippen LogP contribution is 2.46. The Hall–Kier alpha value is -1.96. The van der Waals surface area contributed by atoms with E-state index < -0.39 is 11.4 Å². The van der Waals surface area contributed by atoms with Crippen molar-refractivity contribution in [3.05, 3.63) is 34.6 Å². The van der Waals surface area contributed by atoms with Crippen molar-refractivity contribution in [1.82, 2.24) is 4.90 Å². The summed E-state index contributed by atoms with van der Waals surface area (Å²) in [6, 6.07) is 3.42. The van der Waals surface area contributed by atoms with Gasteiger partial charge in [-0.3, -0.25) is 4.79 Å². The Labute approximate surface area is 208 Å². The molecule has 35 heavy (non-hydrogen) atoms. The minimum absolute atomic E-state index is 0.0863. The molecule has 6 nitrogen and oxygen atoms in total. The smallest absolute Gasteiger partial charge is 0.310 e. The average molecular weight is 490 g/mol. The van der Waals surface area contributed by atoms with Crippen LogP contribution in [0.2, 0.25) is 0 Å². The molecular weight excluding hydrogens is 449 g/mol. The first-order valence-electron chi connectivity index (χ1n) is 13.0. The number of hydrogen-bond acceptors (Lipinski definition) is 5. The Balaban J connectivity index is 1.68. The number of rotatable bonds is 7. The van der Waals surface area contributed by atoms with Gasteiger partial charge in [-0.05, 0) is 73.8 Å². The second-order valence-corrected chi connectivity index (χ2v) is 10.4. The van der Waals surface area contributed by atoms with Crippen molar-refractivity contribution >= 4 is 11.5 Å². The van der Waals surface area contributed by atoms with Crippen molar-refractivity contribution in [2.45, 2.75) is 77.6 Å². The fourth-order valence-corrected chi connectivity index (χ4v) is 6.31. The number of ether oxygens (including phenoxy) is 3. The number of halogens is 1. The molecule has 0 amide bonds. The fraction of sp³-hybridized carbons (Fsp3) is 0.679. The molecule has 194 valence electrons. The lowest BCUT2D eigenvalue weighted by Crippen LogP contribution is -2.45. The molecule has 2 aliphatic heterocycles. The molecular formula is C28H40FNO5. The van der Waals surface area contributed by atoms with E-state index in [1.54, 1.807) is 19.2 Å². The van der Waals surface area contributed by atoms with E-state index >= 15 is 0 Å². The highest BCUT2D eigenvalue weighted by molar-refractivity contribution is 5.76. The molecule has 2 heterocycles. The minimum atomic E-state index is -0.707. The van der Waals surface area contributed by atoms with Crippen molar-refractivity contribution in [2.75, 3.05) is 33.9 Å². The van der Waals surface area contributed by atoms with Gasteiger partial charge in [0.25, 0.3) is 0 Å². The monoisotopic (exact) mass is 489 g/mol. The number of likely N-dealkylation sites (tertiary alicyclic amines) is 1. The van der Waals surface area contributed by atoms with Crippen LogP contribution < -0.4 is 4.74 Å². The molecule has 1 saturated carbocycles. The number of aliphatic carboxylic acids is 1. The zero-order valence-corrected chi connectivity index (χ0v) is 21.6. The van der Waals surface area contributed by atoms with Gasteiger partial charge in [0.05, 0.1) is 31.3 Å². The summed E-state index contributed by atoms with van der Waals surface area (Å²) in [4.78, 5) is 14.3. The van der Waals surface area contributed by atoms with Gasteiger partial charge in [-0.1, -0.05) is 19.4 Å². The van der Waals surface area contributed by atoms with Gasteiger partial charge in [-0.25, -0.2) is 4.39 Å². The van der Waals surface area contributed by atoms with Gasteiger partial charge < -0.3 is 24.2 Å².